The number of benzene rings is 2. The summed E-state index contributed by atoms with van der Waals surface area (Å²) >= 11 is 6.06. The van der Waals surface area contributed by atoms with Crippen LogP contribution in [-0.2, 0) is 12.1 Å². The molecule has 35 heavy (non-hydrogen) atoms. The summed E-state index contributed by atoms with van der Waals surface area (Å²) in [6, 6.07) is 12.9. The number of aromatic nitrogens is 4. The van der Waals surface area contributed by atoms with E-state index in [0.29, 0.717) is 52.8 Å². The second-order valence-corrected chi connectivity index (χ2v) is 9.64. The van der Waals surface area contributed by atoms with Gasteiger partial charge in [-0.2, -0.15) is 0 Å². The molecule has 3 heterocycles. The summed E-state index contributed by atoms with van der Waals surface area (Å²) in [7, 11) is 1.62. The molecule has 5 rings (SSSR count). The first-order valence-corrected chi connectivity index (χ1v) is 11.8. The van der Waals surface area contributed by atoms with Crippen molar-refractivity contribution in [1.29, 1.82) is 0 Å². The molecule has 182 valence electrons. The number of halogens is 1. The Hall–Kier alpha value is -3.36. The van der Waals surface area contributed by atoms with E-state index in [1.165, 1.54) is 0 Å². The van der Waals surface area contributed by atoms with Gasteiger partial charge in [0.1, 0.15) is 17.1 Å². The van der Waals surface area contributed by atoms with Crippen LogP contribution in [0.25, 0.3) is 22.7 Å². The molecule has 8 nitrogen and oxygen atoms in total. The van der Waals surface area contributed by atoms with Crippen LogP contribution in [0.2, 0.25) is 5.02 Å². The van der Waals surface area contributed by atoms with Crippen molar-refractivity contribution >= 4 is 11.6 Å². The highest BCUT2D eigenvalue weighted by Crippen LogP contribution is 2.45. The van der Waals surface area contributed by atoms with E-state index < -0.39 is 11.2 Å². The number of aliphatic hydroxyl groups is 1. The van der Waals surface area contributed by atoms with Crippen molar-refractivity contribution in [2.24, 2.45) is 0 Å². The minimum atomic E-state index is -1.24. The minimum Gasteiger partial charge on any atom is -0.496 e. The first-order valence-electron chi connectivity index (χ1n) is 11.4. The third-order valence-corrected chi connectivity index (χ3v) is 6.71. The molecule has 0 spiro atoms. The molecular weight excluding hydrogens is 468 g/mol. The highest BCUT2D eigenvalue weighted by atomic mass is 35.5. The van der Waals surface area contributed by atoms with Gasteiger partial charge in [0.05, 0.1) is 18.9 Å². The van der Waals surface area contributed by atoms with Crippen molar-refractivity contribution < 1.29 is 19.0 Å². The van der Waals surface area contributed by atoms with E-state index in [1.54, 1.807) is 58.3 Å². The number of ether oxygens (including phenoxy) is 2. The predicted molar refractivity (Wildman–Crippen MR) is 132 cm³/mol. The van der Waals surface area contributed by atoms with Crippen LogP contribution in [0, 0.1) is 6.92 Å². The molecule has 1 unspecified atom stereocenters. The highest BCUT2D eigenvalue weighted by molar-refractivity contribution is 6.30. The van der Waals surface area contributed by atoms with Gasteiger partial charge < -0.3 is 23.6 Å². The molecule has 0 radical (unpaired) electrons. The van der Waals surface area contributed by atoms with Crippen molar-refractivity contribution in [2.75, 3.05) is 7.11 Å². The van der Waals surface area contributed by atoms with Gasteiger partial charge in [0.2, 0.25) is 0 Å². The summed E-state index contributed by atoms with van der Waals surface area (Å²) < 4.78 is 19.8. The largest absolute Gasteiger partial charge is 0.496 e. The van der Waals surface area contributed by atoms with Crippen LogP contribution < -0.4 is 9.47 Å². The monoisotopic (exact) mass is 494 g/mol. The van der Waals surface area contributed by atoms with Gasteiger partial charge in [0.15, 0.2) is 28.9 Å². The number of hydrogen-bond donors (Lipinski definition) is 1. The fraction of sp³-hybridized carbons (Fsp3) is 0.346. The maximum absolute atomic E-state index is 11.3. The molecule has 1 aliphatic heterocycles. The summed E-state index contributed by atoms with van der Waals surface area (Å²) in [6.07, 6.45) is 3.05. The zero-order valence-electron chi connectivity index (χ0n) is 20.1. The average molecular weight is 495 g/mol. The fourth-order valence-corrected chi connectivity index (χ4v) is 4.78. The number of methoxy groups -OCH3 is 1. The lowest BCUT2D eigenvalue weighted by atomic mass is 9.79. The van der Waals surface area contributed by atoms with Crippen LogP contribution in [0.15, 0.2) is 53.1 Å². The Kier molecular flexibility index (Phi) is 5.81. The lowest BCUT2D eigenvalue weighted by Gasteiger charge is -2.44. The third-order valence-electron chi connectivity index (χ3n) is 6.46. The van der Waals surface area contributed by atoms with Crippen molar-refractivity contribution in [1.82, 2.24) is 19.7 Å². The zero-order chi connectivity index (χ0) is 24.8. The number of hydrogen-bond acceptors (Lipinski definition) is 7. The summed E-state index contributed by atoms with van der Waals surface area (Å²) in [6.45, 7) is 5.98. The van der Waals surface area contributed by atoms with E-state index in [1.807, 2.05) is 22.8 Å². The summed E-state index contributed by atoms with van der Waals surface area (Å²) in [4.78, 5) is 4.18. The number of rotatable bonds is 6. The molecule has 1 aliphatic rings. The van der Waals surface area contributed by atoms with Gasteiger partial charge in [-0.15, -0.1) is 10.2 Å². The Bertz CT molecular complexity index is 1360. The first-order chi connectivity index (χ1) is 16.7. The van der Waals surface area contributed by atoms with E-state index in [-0.39, 0.29) is 0 Å². The molecule has 0 amide bonds. The molecule has 0 aliphatic carbocycles. The van der Waals surface area contributed by atoms with Crippen LogP contribution in [0.4, 0.5) is 0 Å². The highest BCUT2D eigenvalue weighted by Gasteiger charge is 2.53. The van der Waals surface area contributed by atoms with E-state index >= 15 is 0 Å². The Morgan fingerprint density at radius 3 is 2.57 bits per heavy atom. The summed E-state index contributed by atoms with van der Waals surface area (Å²) in [5, 5.41) is 21.0. The second-order valence-electron chi connectivity index (χ2n) is 9.20. The third kappa shape index (κ3) is 4.06. The molecule has 2 aromatic carbocycles. The van der Waals surface area contributed by atoms with Crippen LogP contribution in [0.3, 0.4) is 0 Å². The van der Waals surface area contributed by atoms with Crippen LogP contribution in [-0.4, -0.2) is 37.6 Å². The molecule has 4 aromatic rings. The molecule has 0 bridgehead atoms. The second kappa shape index (κ2) is 8.70. The average Bonchev–Trinajstić information content (AvgIpc) is 3.46. The summed E-state index contributed by atoms with van der Waals surface area (Å²) in [5.41, 5.74) is -0.697. The Balaban J connectivity index is 1.58. The SMILES string of the molecule is COc1cc(-c2nnc3n2CCCC3(Oc2ccc(Cl)cc2)C(C)(C)O)ccc1-c1cnc(C)o1. The number of aryl methyl sites for hydroxylation is 1. The molecule has 0 saturated carbocycles. The van der Waals surface area contributed by atoms with Gasteiger partial charge >= 0.3 is 0 Å². The van der Waals surface area contributed by atoms with Crippen molar-refractivity contribution in [3.8, 4) is 34.2 Å². The van der Waals surface area contributed by atoms with Gasteiger partial charge in [-0.25, -0.2) is 4.98 Å². The van der Waals surface area contributed by atoms with Crippen LogP contribution >= 0.6 is 11.6 Å². The van der Waals surface area contributed by atoms with Gasteiger partial charge in [-0.1, -0.05) is 17.7 Å². The lowest BCUT2D eigenvalue weighted by Crippen LogP contribution is -2.55. The fourth-order valence-electron chi connectivity index (χ4n) is 4.65. The molecule has 9 heteroatoms. The molecule has 1 N–H and O–H groups in total. The first kappa shape index (κ1) is 23.4. The quantitative estimate of drug-likeness (QED) is 0.383. The predicted octanol–water partition coefficient (Wildman–Crippen LogP) is 5.41. The van der Waals surface area contributed by atoms with Gasteiger partial charge in [0, 0.05) is 24.1 Å². The summed E-state index contributed by atoms with van der Waals surface area (Å²) in [5.74, 6) is 3.70. The van der Waals surface area contributed by atoms with Gasteiger partial charge in [-0.3, -0.25) is 0 Å². The van der Waals surface area contributed by atoms with Crippen molar-refractivity contribution in [3.05, 3.63) is 65.4 Å². The van der Waals surface area contributed by atoms with Gasteiger partial charge in [0.25, 0.3) is 0 Å². The molecule has 2 aromatic heterocycles. The van der Waals surface area contributed by atoms with E-state index in [9.17, 15) is 5.11 Å². The van der Waals surface area contributed by atoms with Crippen LogP contribution in [0.1, 0.15) is 38.4 Å². The molecule has 1 atom stereocenters. The Morgan fingerprint density at radius 1 is 1.14 bits per heavy atom. The number of fused-ring (bicyclic) bond motifs is 1. The van der Waals surface area contributed by atoms with Crippen molar-refractivity contribution in [3.63, 3.8) is 0 Å². The lowest BCUT2D eigenvalue weighted by molar-refractivity contribution is -0.137. The molecular formula is C26H27ClN4O4. The standard InChI is InChI=1S/C26H27ClN4O4/c1-16-28-15-22(34-16)20-11-6-17(14-21(20)33-4)23-29-30-24-26(25(2,3)32,12-5-13-31(23)24)35-19-9-7-18(27)8-10-19/h6-11,14-15,32H,5,12-13H2,1-4H3. The van der Waals surface area contributed by atoms with Crippen molar-refractivity contribution in [2.45, 2.75) is 51.4 Å². The number of oxazole rings is 1. The topological polar surface area (TPSA) is 95.4 Å². The van der Waals surface area contributed by atoms with E-state index in [0.717, 1.165) is 17.5 Å². The van der Waals surface area contributed by atoms with E-state index in [2.05, 4.69) is 15.2 Å². The maximum Gasteiger partial charge on any atom is 0.196 e. The van der Waals surface area contributed by atoms with E-state index in [4.69, 9.17) is 25.5 Å². The zero-order valence-corrected chi connectivity index (χ0v) is 20.8. The maximum atomic E-state index is 11.3. The molecule has 0 saturated heterocycles. The van der Waals surface area contributed by atoms with Crippen LogP contribution in [0.5, 0.6) is 11.5 Å². The normalized spacial score (nSPS) is 17.8. The Labute approximate surface area is 208 Å². The number of nitrogens with zero attached hydrogens (tertiary/aromatic N) is 4. The van der Waals surface area contributed by atoms with Gasteiger partial charge in [-0.05, 0) is 63.1 Å². The molecule has 0 fully saturated rings. The minimum absolute atomic E-state index is 0.579. The smallest absolute Gasteiger partial charge is 0.196 e. The Morgan fingerprint density at radius 2 is 1.91 bits per heavy atom.